The smallest absolute Gasteiger partial charge is 0.338 e. The van der Waals surface area contributed by atoms with Gasteiger partial charge in [0.1, 0.15) is 5.82 Å². The highest BCUT2D eigenvalue weighted by atomic mass is 19.1. The van der Waals surface area contributed by atoms with E-state index in [2.05, 4.69) is 5.32 Å². The minimum atomic E-state index is -0.786. The van der Waals surface area contributed by atoms with Crippen LogP contribution in [0.1, 0.15) is 51.8 Å². The van der Waals surface area contributed by atoms with Gasteiger partial charge in [-0.3, -0.25) is 14.4 Å². The van der Waals surface area contributed by atoms with Gasteiger partial charge in [-0.2, -0.15) is 0 Å². The Morgan fingerprint density at radius 1 is 1.00 bits per heavy atom. The van der Waals surface area contributed by atoms with Crippen LogP contribution in [0, 0.1) is 11.7 Å². The van der Waals surface area contributed by atoms with E-state index >= 15 is 0 Å². The van der Waals surface area contributed by atoms with Crippen molar-refractivity contribution in [3.8, 4) is 0 Å². The number of amides is 3. The fourth-order valence-electron chi connectivity index (χ4n) is 2.87. The van der Waals surface area contributed by atoms with Crippen LogP contribution in [0.15, 0.2) is 42.5 Å². The quantitative estimate of drug-likeness (QED) is 0.582. The predicted molar refractivity (Wildman–Crippen MR) is 107 cm³/mol. The van der Waals surface area contributed by atoms with Crippen molar-refractivity contribution in [2.24, 2.45) is 5.92 Å². The summed E-state index contributed by atoms with van der Waals surface area (Å²) in [7, 11) is 0. The van der Waals surface area contributed by atoms with Crippen molar-refractivity contribution in [1.82, 2.24) is 5.32 Å². The molecule has 3 rings (SSSR count). The lowest BCUT2D eigenvalue weighted by atomic mass is 10.1. The number of carbonyl (C=O) groups excluding carboxylic acids is 4. The molecular formula is C22H21FN2O5. The van der Waals surface area contributed by atoms with Crippen LogP contribution >= 0.6 is 0 Å². The van der Waals surface area contributed by atoms with E-state index in [1.165, 1.54) is 30.3 Å². The zero-order valence-electron chi connectivity index (χ0n) is 16.8. The number of fused-ring (bicyclic) bond motifs is 1. The molecule has 0 saturated carbocycles. The average Bonchev–Trinajstić information content (AvgIpc) is 2.96. The SMILES string of the molecule is CC(C)[C@@H](C)NC(=O)COC(=O)c1ccc2c(c1)C(=O)N(c1ccc(F)cc1)C2=O. The molecule has 0 aliphatic carbocycles. The van der Waals surface area contributed by atoms with Crippen molar-refractivity contribution < 1.29 is 28.3 Å². The largest absolute Gasteiger partial charge is 0.452 e. The monoisotopic (exact) mass is 412 g/mol. The summed E-state index contributed by atoms with van der Waals surface area (Å²) in [6.07, 6.45) is 0. The lowest BCUT2D eigenvalue weighted by Crippen LogP contribution is -2.38. The molecular weight excluding hydrogens is 391 g/mol. The Kier molecular flexibility index (Phi) is 5.96. The van der Waals surface area contributed by atoms with E-state index in [4.69, 9.17) is 4.74 Å². The summed E-state index contributed by atoms with van der Waals surface area (Å²) >= 11 is 0. The van der Waals surface area contributed by atoms with E-state index < -0.39 is 36.1 Å². The molecule has 30 heavy (non-hydrogen) atoms. The van der Waals surface area contributed by atoms with Gasteiger partial charge in [0.15, 0.2) is 6.61 Å². The van der Waals surface area contributed by atoms with Gasteiger partial charge in [0.05, 0.1) is 22.4 Å². The van der Waals surface area contributed by atoms with Crippen LogP contribution in [0.5, 0.6) is 0 Å². The van der Waals surface area contributed by atoms with Crippen LogP contribution in [-0.4, -0.2) is 36.3 Å². The van der Waals surface area contributed by atoms with Gasteiger partial charge in [0.2, 0.25) is 0 Å². The molecule has 2 aromatic rings. The van der Waals surface area contributed by atoms with Gasteiger partial charge in [0, 0.05) is 6.04 Å². The number of hydrogen-bond donors (Lipinski definition) is 1. The fourth-order valence-corrected chi connectivity index (χ4v) is 2.87. The van der Waals surface area contributed by atoms with E-state index in [-0.39, 0.29) is 34.3 Å². The molecule has 0 radical (unpaired) electrons. The van der Waals surface area contributed by atoms with Crippen LogP contribution < -0.4 is 10.2 Å². The topological polar surface area (TPSA) is 92.8 Å². The normalized spacial score (nSPS) is 14.0. The Morgan fingerprint density at radius 3 is 2.27 bits per heavy atom. The Hall–Kier alpha value is -3.55. The number of esters is 1. The number of halogens is 1. The maximum Gasteiger partial charge on any atom is 0.338 e. The molecule has 1 N–H and O–H groups in total. The number of nitrogens with one attached hydrogen (secondary N) is 1. The number of ether oxygens (including phenoxy) is 1. The van der Waals surface area contributed by atoms with Crippen LogP contribution in [-0.2, 0) is 9.53 Å². The van der Waals surface area contributed by atoms with Crippen molar-refractivity contribution in [2.75, 3.05) is 11.5 Å². The lowest BCUT2D eigenvalue weighted by molar-refractivity contribution is -0.125. The summed E-state index contributed by atoms with van der Waals surface area (Å²) in [5, 5.41) is 2.72. The number of anilines is 1. The average molecular weight is 412 g/mol. The standard InChI is InChI=1S/C22H21FN2O5/c1-12(2)13(3)24-19(26)11-30-22(29)14-4-9-17-18(10-14)21(28)25(20(17)27)16-7-5-15(23)6-8-16/h4-10,12-13H,11H2,1-3H3,(H,24,26)/t13-/m1/s1. The zero-order valence-corrected chi connectivity index (χ0v) is 16.8. The molecule has 1 aliphatic rings. The summed E-state index contributed by atoms with van der Waals surface area (Å²) in [4.78, 5) is 50.4. The third-order valence-electron chi connectivity index (χ3n) is 4.93. The van der Waals surface area contributed by atoms with Crippen molar-refractivity contribution in [3.63, 3.8) is 0 Å². The fraction of sp³-hybridized carbons (Fsp3) is 0.273. The second-order valence-electron chi connectivity index (χ2n) is 7.36. The number of benzene rings is 2. The second-order valence-corrected chi connectivity index (χ2v) is 7.36. The molecule has 156 valence electrons. The van der Waals surface area contributed by atoms with E-state index in [0.29, 0.717) is 0 Å². The Balaban J connectivity index is 1.72. The minimum absolute atomic E-state index is 0.0386. The van der Waals surface area contributed by atoms with Crippen molar-refractivity contribution in [1.29, 1.82) is 0 Å². The first-order valence-electron chi connectivity index (χ1n) is 9.44. The van der Waals surface area contributed by atoms with Crippen LogP contribution in [0.2, 0.25) is 0 Å². The molecule has 0 unspecified atom stereocenters. The number of carbonyl (C=O) groups is 4. The molecule has 0 saturated heterocycles. The minimum Gasteiger partial charge on any atom is -0.452 e. The van der Waals surface area contributed by atoms with E-state index in [1.54, 1.807) is 0 Å². The maximum absolute atomic E-state index is 13.1. The first kappa shape index (κ1) is 21.2. The second kappa shape index (κ2) is 8.44. The number of imide groups is 1. The van der Waals surface area contributed by atoms with Crippen LogP contribution in [0.25, 0.3) is 0 Å². The summed E-state index contributed by atoms with van der Waals surface area (Å²) in [5.74, 6) is -2.67. The van der Waals surface area contributed by atoms with E-state index in [1.807, 2.05) is 20.8 Å². The van der Waals surface area contributed by atoms with Crippen molar-refractivity contribution in [2.45, 2.75) is 26.8 Å². The van der Waals surface area contributed by atoms with E-state index in [9.17, 15) is 23.6 Å². The predicted octanol–water partition coefficient (Wildman–Crippen LogP) is 2.94. The van der Waals surface area contributed by atoms with Gasteiger partial charge in [0.25, 0.3) is 17.7 Å². The highest BCUT2D eigenvalue weighted by molar-refractivity contribution is 6.34. The van der Waals surface area contributed by atoms with Gasteiger partial charge < -0.3 is 10.1 Å². The molecule has 1 heterocycles. The summed E-state index contributed by atoms with van der Waals surface area (Å²) in [6.45, 7) is 5.30. The van der Waals surface area contributed by atoms with Crippen LogP contribution in [0.4, 0.5) is 10.1 Å². The number of hydrogen-bond acceptors (Lipinski definition) is 5. The number of nitrogens with zero attached hydrogens (tertiary/aromatic N) is 1. The zero-order chi connectivity index (χ0) is 22.0. The van der Waals surface area contributed by atoms with Gasteiger partial charge >= 0.3 is 5.97 Å². The molecule has 7 nitrogen and oxygen atoms in total. The molecule has 0 fully saturated rings. The Morgan fingerprint density at radius 2 is 1.63 bits per heavy atom. The Bertz CT molecular complexity index is 1020. The van der Waals surface area contributed by atoms with Crippen LogP contribution in [0.3, 0.4) is 0 Å². The third-order valence-corrected chi connectivity index (χ3v) is 4.93. The molecule has 0 spiro atoms. The van der Waals surface area contributed by atoms with Gasteiger partial charge in [-0.25, -0.2) is 14.1 Å². The van der Waals surface area contributed by atoms with Gasteiger partial charge in [-0.1, -0.05) is 13.8 Å². The maximum atomic E-state index is 13.1. The molecule has 8 heteroatoms. The molecule has 0 bridgehead atoms. The van der Waals surface area contributed by atoms with Gasteiger partial charge in [-0.05, 0) is 55.3 Å². The highest BCUT2D eigenvalue weighted by Gasteiger charge is 2.37. The van der Waals surface area contributed by atoms with E-state index in [0.717, 1.165) is 17.0 Å². The third kappa shape index (κ3) is 4.22. The lowest BCUT2D eigenvalue weighted by Gasteiger charge is -2.17. The number of rotatable bonds is 6. The summed E-state index contributed by atoms with van der Waals surface area (Å²) in [6, 6.07) is 8.84. The first-order chi connectivity index (χ1) is 14.2. The Labute approximate surface area is 172 Å². The highest BCUT2D eigenvalue weighted by Crippen LogP contribution is 2.29. The summed E-state index contributed by atoms with van der Waals surface area (Å²) in [5.41, 5.74) is 0.435. The summed E-state index contributed by atoms with van der Waals surface area (Å²) < 4.78 is 18.2. The van der Waals surface area contributed by atoms with Crippen molar-refractivity contribution in [3.05, 3.63) is 65.0 Å². The first-order valence-corrected chi connectivity index (χ1v) is 9.44. The molecule has 0 aromatic heterocycles. The van der Waals surface area contributed by atoms with Crippen molar-refractivity contribution >= 4 is 29.4 Å². The van der Waals surface area contributed by atoms with Gasteiger partial charge in [-0.15, -0.1) is 0 Å². The molecule has 3 amide bonds. The molecule has 2 aromatic carbocycles. The molecule has 1 atom stereocenters. The molecule has 1 aliphatic heterocycles.